The second kappa shape index (κ2) is 9.46. The number of hydrogen-bond acceptors (Lipinski definition) is 7. The lowest BCUT2D eigenvalue weighted by Crippen LogP contribution is -2.44. The van der Waals surface area contributed by atoms with Gasteiger partial charge in [-0.3, -0.25) is 29.4 Å². The highest BCUT2D eigenvalue weighted by Crippen LogP contribution is 2.34. The second-order valence-electron chi connectivity index (χ2n) is 8.56. The Kier molecular flexibility index (Phi) is 6.19. The molecule has 0 N–H and O–H groups in total. The maximum atomic E-state index is 12.9. The molecule has 2 aliphatic rings. The lowest BCUT2D eigenvalue weighted by Gasteiger charge is -2.29. The number of hydrogen-bond donors (Lipinski definition) is 0. The average Bonchev–Trinajstić information content (AvgIpc) is 3.43. The largest absolute Gasteiger partial charge is 0.457 e. The molecule has 5 rings (SSSR count). The third-order valence-corrected chi connectivity index (χ3v) is 7.14. The van der Waals surface area contributed by atoms with Gasteiger partial charge in [0, 0.05) is 36.9 Å². The number of non-ortho nitro benzene ring substituents is 1. The van der Waals surface area contributed by atoms with Crippen molar-refractivity contribution in [1.82, 2.24) is 9.80 Å². The summed E-state index contributed by atoms with van der Waals surface area (Å²) in [7, 11) is 0. The zero-order valence-corrected chi connectivity index (χ0v) is 20.1. The van der Waals surface area contributed by atoms with Crippen LogP contribution in [0.1, 0.15) is 22.5 Å². The van der Waals surface area contributed by atoms with Crippen LogP contribution in [0.2, 0.25) is 0 Å². The maximum Gasteiger partial charge on any atom is 0.294 e. The van der Waals surface area contributed by atoms with Gasteiger partial charge in [-0.2, -0.15) is 0 Å². The lowest BCUT2D eigenvalue weighted by atomic mass is 10.00. The predicted octanol–water partition coefficient (Wildman–Crippen LogP) is 4.78. The van der Waals surface area contributed by atoms with E-state index in [9.17, 15) is 24.5 Å². The highest BCUT2D eigenvalue weighted by atomic mass is 32.2. The number of rotatable bonds is 5. The van der Waals surface area contributed by atoms with Crippen molar-refractivity contribution in [1.29, 1.82) is 0 Å². The molecule has 1 aromatic heterocycles. The Hall–Kier alpha value is -4.18. The molecule has 1 fully saturated rings. The van der Waals surface area contributed by atoms with E-state index in [4.69, 9.17) is 4.42 Å². The first-order valence-corrected chi connectivity index (χ1v) is 12.1. The molecule has 3 amide bonds. The van der Waals surface area contributed by atoms with Gasteiger partial charge in [0.15, 0.2) is 0 Å². The van der Waals surface area contributed by atoms with Crippen LogP contribution in [0.3, 0.4) is 0 Å². The molecule has 0 aliphatic carbocycles. The number of fused-ring (bicyclic) bond motifs is 1. The van der Waals surface area contributed by atoms with E-state index >= 15 is 0 Å². The molecule has 1 saturated heterocycles. The van der Waals surface area contributed by atoms with Crippen molar-refractivity contribution in [2.75, 3.05) is 13.1 Å². The summed E-state index contributed by atoms with van der Waals surface area (Å²) >= 11 is 0.760. The maximum absolute atomic E-state index is 12.9. The van der Waals surface area contributed by atoms with Gasteiger partial charge < -0.3 is 9.32 Å². The van der Waals surface area contributed by atoms with Gasteiger partial charge >= 0.3 is 0 Å². The number of nitrogens with zero attached hydrogens (tertiary/aromatic N) is 3. The van der Waals surface area contributed by atoms with Gasteiger partial charge in [0.25, 0.3) is 16.8 Å². The van der Waals surface area contributed by atoms with Crippen LogP contribution in [0.15, 0.2) is 63.9 Å². The number of amides is 3. The summed E-state index contributed by atoms with van der Waals surface area (Å²) in [5.74, 6) is 0.0165. The average molecular weight is 504 g/mol. The molecule has 2 aliphatic heterocycles. The van der Waals surface area contributed by atoms with Gasteiger partial charge in [0.1, 0.15) is 18.1 Å². The minimum absolute atomic E-state index is 0.0139. The summed E-state index contributed by atoms with van der Waals surface area (Å²) in [5, 5.41) is 10.5. The number of nitro benzene ring substituents is 1. The Morgan fingerprint density at radius 2 is 1.92 bits per heavy atom. The van der Waals surface area contributed by atoms with Gasteiger partial charge in [-0.15, -0.1) is 0 Å². The Labute approximate surface area is 210 Å². The van der Waals surface area contributed by atoms with Gasteiger partial charge in [0.05, 0.1) is 9.83 Å². The molecule has 3 heterocycles. The smallest absolute Gasteiger partial charge is 0.294 e. The number of carbonyl (C=O) groups excluding carboxylic acids is 3. The molecule has 0 atom stereocenters. The first kappa shape index (κ1) is 23.6. The number of carbonyl (C=O) groups is 3. The van der Waals surface area contributed by atoms with Crippen molar-refractivity contribution >= 4 is 40.6 Å². The summed E-state index contributed by atoms with van der Waals surface area (Å²) in [6.45, 7) is 2.43. The molecule has 10 heteroatoms. The van der Waals surface area contributed by atoms with Gasteiger partial charge in [-0.05, 0) is 60.0 Å². The predicted molar refractivity (Wildman–Crippen MR) is 134 cm³/mol. The second-order valence-corrected chi connectivity index (χ2v) is 9.55. The fourth-order valence-corrected chi connectivity index (χ4v) is 5.14. The Balaban J connectivity index is 1.28. The normalized spacial score (nSPS) is 16.5. The van der Waals surface area contributed by atoms with E-state index in [1.54, 1.807) is 30.0 Å². The molecular weight excluding hydrogens is 482 g/mol. The number of nitro groups is 1. The summed E-state index contributed by atoms with van der Waals surface area (Å²) < 4.78 is 5.82. The molecule has 0 spiro atoms. The molecular formula is C26H21N3O6S. The van der Waals surface area contributed by atoms with Gasteiger partial charge in [-0.1, -0.05) is 24.3 Å². The van der Waals surface area contributed by atoms with Crippen LogP contribution in [0.5, 0.6) is 0 Å². The highest BCUT2D eigenvalue weighted by Gasteiger charge is 2.37. The topological polar surface area (TPSA) is 114 Å². The molecule has 0 saturated carbocycles. The first-order valence-electron chi connectivity index (χ1n) is 11.3. The van der Waals surface area contributed by atoms with E-state index in [2.05, 4.69) is 0 Å². The van der Waals surface area contributed by atoms with Gasteiger partial charge in [-0.25, -0.2) is 0 Å². The van der Waals surface area contributed by atoms with Crippen LogP contribution in [-0.4, -0.2) is 44.9 Å². The van der Waals surface area contributed by atoms with Crippen molar-refractivity contribution < 1.29 is 23.7 Å². The number of aryl methyl sites for hydroxylation is 1. The van der Waals surface area contributed by atoms with Crippen molar-refractivity contribution in [3.8, 4) is 11.3 Å². The number of imide groups is 1. The van der Waals surface area contributed by atoms with Crippen LogP contribution in [0.4, 0.5) is 10.5 Å². The zero-order chi connectivity index (χ0) is 25.4. The molecule has 0 radical (unpaired) electrons. The van der Waals surface area contributed by atoms with E-state index in [0.717, 1.165) is 28.6 Å². The SMILES string of the molecule is Cc1cc([N+](=O)[O-])ccc1-c1ccc(/C=C2/SC(=O)N(CC(=O)N3CCc4ccccc4C3)C2=O)o1. The fourth-order valence-electron chi connectivity index (χ4n) is 4.32. The molecule has 182 valence electrons. The summed E-state index contributed by atoms with van der Waals surface area (Å²) in [5.41, 5.74) is 3.62. The van der Waals surface area contributed by atoms with Crippen LogP contribution in [0, 0.1) is 17.0 Å². The summed E-state index contributed by atoms with van der Waals surface area (Å²) in [4.78, 5) is 51.6. The third kappa shape index (κ3) is 4.55. The Morgan fingerprint density at radius 1 is 1.14 bits per heavy atom. The standard InChI is InChI=1S/C26H21N3O6S/c1-16-12-19(29(33)34)6-8-21(16)22-9-7-20(35-22)13-23-25(31)28(26(32)36-23)15-24(30)27-11-10-17-4-2-3-5-18(17)14-27/h2-9,12-13H,10-11,14-15H2,1H3/b23-13+. The van der Waals surface area contributed by atoms with Gasteiger partial charge in [0.2, 0.25) is 5.91 Å². The van der Waals surface area contributed by atoms with E-state index in [1.807, 2.05) is 24.3 Å². The number of thioether (sulfide) groups is 1. The van der Waals surface area contributed by atoms with Crippen molar-refractivity contribution in [2.45, 2.75) is 19.9 Å². The Bertz CT molecular complexity index is 1440. The highest BCUT2D eigenvalue weighted by molar-refractivity contribution is 8.18. The van der Waals surface area contributed by atoms with Crippen LogP contribution < -0.4 is 0 Å². The molecule has 2 aromatic carbocycles. The van der Waals surface area contributed by atoms with E-state index in [-0.39, 0.29) is 23.0 Å². The van der Waals surface area contributed by atoms with Crippen LogP contribution in [0.25, 0.3) is 17.4 Å². The van der Waals surface area contributed by atoms with Crippen molar-refractivity contribution in [2.24, 2.45) is 0 Å². The summed E-state index contributed by atoms with van der Waals surface area (Å²) in [6, 6.07) is 15.7. The lowest BCUT2D eigenvalue weighted by molar-refractivity contribution is -0.384. The molecule has 0 unspecified atom stereocenters. The first-order chi connectivity index (χ1) is 17.3. The third-order valence-electron chi connectivity index (χ3n) is 6.24. The monoisotopic (exact) mass is 503 g/mol. The van der Waals surface area contributed by atoms with Crippen molar-refractivity contribution in [3.63, 3.8) is 0 Å². The molecule has 3 aromatic rings. The number of furan rings is 1. The van der Waals surface area contributed by atoms with Crippen molar-refractivity contribution in [3.05, 3.63) is 92.1 Å². The van der Waals surface area contributed by atoms with E-state index < -0.39 is 16.1 Å². The quantitative estimate of drug-likeness (QED) is 0.279. The van der Waals surface area contributed by atoms with E-state index in [0.29, 0.717) is 35.7 Å². The fraction of sp³-hybridized carbons (Fsp3) is 0.192. The zero-order valence-electron chi connectivity index (χ0n) is 19.3. The summed E-state index contributed by atoms with van der Waals surface area (Å²) in [6.07, 6.45) is 2.20. The van der Waals surface area contributed by atoms with Crippen LogP contribution in [-0.2, 0) is 22.6 Å². The molecule has 9 nitrogen and oxygen atoms in total. The Morgan fingerprint density at radius 3 is 2.67 bits per heavy atom. The van der Waals surface area contributed by atoms with E-state index in [1.165, 1.54) is 23.8 Å². The number of benzene rings is 2. The minimum Gasteiger partial charge on any atom is -0.457 e. The minimum atomic E-state index is -0.541. The molecule has 0 bridgehead atoms. The molecule has 36 heavy (non-hydrogen) atoms. The van der Waals surface area contributed by atoms with Crippen LogP contribution >= 0.6 is 11.8 Å².